The molecule has 1 aromatic heterocycles. The summed E-state index contributed by atoms with van der Waals surface area (Å²) in [6.07, 6.45) is 2.59. The molecule has 3 aromatic rings. The van der Waals surface area contributed by atoms with Crippen LogP contribution in [0.3, 0.4) is 0 Å². The SMILES string of the molecule is O=C(c1ccc(Cl)cc1F)N1CCCC[C@@H]1c1nc2ccccc2o1. The van der Waals surface area contributed by atoms with Crippen molar-refractivity contribution >= 4 is 28.6 Å². The van der Waals surface area contributed by atoms with Gasteiger partial charge in [0, 0.05) is 11.6 Å². The van der Waals surface area contributed by atoms with Crippen molar-refractivity contribution in [2.75, 3.05) is 6.54 Å². The van der Waals surface area contributed by atoms with Gasteiger partial charge < -0.3 is 9.32 Å². The molecule has 0 saturated carbocycles. The molecular weight excluding hydrogens is 343 g/mol. The third kappa shape index (κ3) is 3.00. The number of nitrogens with zero attached hydrogens (tertiary/aromatic N) is 2. The number of halogens is 2. The number of oxazole rings is 1. The fourth-order valence-electron chi connectivity index (χ4n) is 3.28. The van der Waals surface area contributed by atoms with Crippen molar-refractivity contribution in [1.82, 2.24) is 9.88 Å². The minimum Gasteiger partial charge on any atom is -0.438 e. The number of rotatable bonds is 2. The standard InChI is InChI=1S/C19H16ClFN2O2/c20-12-8-9-13(14(21)11-12)19(24)23-10-4-3-6-16(23)18-22-15-5-1-2-7-17(15)25-18/h1-2,5,7-9,11,16H,3-4,6,10H2/t16-/m1/s1. The van der Waals surface area contributed by atoms with Crippen molar-refractivity contribution in [2.24, 2.45) is 0 Å². The lowest BCUT2D eigenvalue weighted by Crippen LogP contribution is -2.39. The van der Waals surface area contributed by atoms with Gasteiger partial charge in [-0.25, -0.2) is 9.37 Å². The van der Waals surface area contributed by atoms with Gasteiger partial charge in [-0.05, 0) is 49.6 Å². The average molecular weight is 359 g/mol. The summed E-state index contributed by atoms with van der Waals surface area (Å²) in [6, 6.07) is 11.3. The number of likely N-dealkylation sites (tertiary alicyclic amines) is 1. The van der Waals surface area contributed by atoms with E-state index < -0.39 is 5.82 Å². The number of benzene rings is 2. The van der Waals surface area contributed by atoms with E-state index in [0.29, 0.717) is 18.0 Å². The van der Waals surface area contributed by atoms with Crippen molar-refractivity contribution in [2.45, 2.75) is 25.3 Å². The van der Waals surface area contributed by atoms with E-state index in [1.54, 1.807) is 4.90 Å². The Balaban J connectivity index is 1.70. The Kier molecular flexibility index (Phi) is 4.17. The van der Waals surface area contributed by atoms with E-state index in [4.69, 9.17) is 16.0 Å². The molecule has 1 atom stereocenters. The van der Waals surface area contributed by atoms with Gasteiger partial charge in [0.15, 0.2) is 5.58 Å². The topological polar surface area (TPSA) is 46.3 Å². The third-order valence-electron chi connectivity index (χ3n) is 4.52. The molecule has 1 fully saturated rings. The lowest BCUT2D eigenvalue weighted by Gasteiger charge is -2.33. The molecule has 1 aliphatic rings. The minimum atomic E-state index is -0.612. The molecule has 0 spiro atoms. The van der Waals surface area contributed by atoms with Gasteiger partial charge in [0.05, 0.1) is 5.56 Å². The second kappa shape index (κ2) is 6.48. The van der Waals surface area contributed by atoms with Gasteiger partial charge in [0.25, 0.3) is 5.91 Å². The summed E-state index contributed by atoms with van der Waals surface area (Å²) >= 11 is 5.79. The molecule has 128 valence electrons. The van der Waals surface area contributed by atoms with Crippen molar-refractivity contribution in [1.29, 1.82) is 0 Å². The molecule has 1 aliphatic heterocycles. The van der Waals surface area contributed by atoms with E-state index in [1.807, 2.05) is 24.3 Å². The zero-order valence-corrected chi connectivity index (χ0v) is 14.2. The van der Waals surface area contributed by atoms with Crippen LogP contribution < -0.4 is 0 Å². The van der Waals surface area contributed by atoms with E-state index in [1.165, 1.54) is 12.1 Å². The van der Waals surface area contributed by atoms with Gasteiger partial charge in [-0.15, -0.1) is 0 Å². The van der Waals surface area contributed by atoms with E-state index >= 15 is 0 Å². The Morgan fingerprint density at radius 2 is 2.08 bits per heavy atom. The van der Waals surface area contributed by atoms with Crippen molar-refractivity contribution < 1.29 is 13.6 Å². The monoisotopic (exact) mass is 358 g/mol. The van der Waals surface area contributed by atoms with Crippen LogP contribution in [0.15, 0.2) is 46.9 Å². The van der Waals surface area contributed by atoms with E-state index in [0.717, 1.165) is 30.8 Å². The Morgan fingerprint density at radius 1 is 1.24 bits per heavy atom. The molecular formula is C19H16ClFN2O2. The number of hydrogen-bond acceptors (Lipinski definition) is 3. The number of fused-ring (bicyclic) bond motifs is 1. The Hall–Kier alpha value is -2.40. The smallest absolute Gasteiger partial charge is 0.257 e. The van der Waals surface area contributed by atoms with Crippen molar-refractivity contribution in [3.05, 3.63) is 64.8 Å². The first-order valence-electron chi connectivity index (χ1n) is 8.25. The number of aromatic nitrogens is 1. The average Bonchev–Trinajstić information content (AvgIpc) is 3.05. The van der Waals surface area contributed by atoms with E-state index in [2.05, 4.69) is 4.98 Å². The molecule has 2 heterocycles. The van der Waals surface area contributed by atoms with Crippen LogP contribution in [-0.4, -0.2) is 22.3 Å². The molecule has 0 bridgehead atoms. The predicted molar refractivity (Wildman–Crippen MR) is 93.0 cm³/mol. The lowest BCUT2D eigenvalue weighted by molar-refractivity contribution is 0.0569. The molecule has 1 saturated heterocycles. The van der Waals surface area contributed by atoms with Gasteiger partial charge in [0.2, 0.25) is 5.89 Å². The molecule has 4 rings (SSSR count). The second-order valence-corrected chi connectivity index (χ2v) is 6.59. The number of hydrogen-bond donors (Lipinski definition) is 0. The highest BCUT2D eigenvalue weighted by atomic mass is 35.5. The maximum absolute atomic E-state index is 14.2. The Morgan fingerprint density at radius 3 is 2.88 bits per heavy atom. The summed E-state index contributed by atoms with van der Waals surface area (Å²) < 4.78 is 20.0. The molecule has 25 heavy (non-hydrogen) atoms. The summed E-state index contributed by atoms with van der Waals surface area (Å²) in [6.45, 7) is 0.546. The summed E-state index contributed by atoms with van der Waals surface area (Å²) in [7, 11) is 0. The summed E-state index contributed by atoms with van der Waals surface area (Å²) in [5.74, 6) is -0.468. The molecule has 6 heteroatoms. The molecule has 4 nitrogen and oxygen atoms in total. The molecule has 0 radical (unpaired) electrons. The van der Waals surface area contributed by atoms with Crippen molar-refractivity contribution in [3.63, 3.8) is 0 Å². The van der Waals surface area contributed by atoms with Crippen LogP contribution in [0.4, 0.5) is 4.39 Å². The summed E-state index contributed by atoms with van der Waals surface area (Å²) in [5, 5.41) is 0.267. The van der Waals surface area contributed by atoms with Crippen LogP contribution in [0.1, 0.15) is 41.6 Å². The highest BCUT2D eigenvalue weighted by Crippen LogP contribution is 2.33. The normalized spacial score (nSPS) is 17.8. The van der Waals surface area contributed by atoms with Crippen LogP contribution in [0.2, 0.25) is 5.02 Å². The van der Waals surface area contributed by atoms with Gasteiger partial charge in [-0.2, -0.15) is 0 Å². The lowest BCUT2D eigenvalue weighted by atomic mass is 10.0. The Labute approximate surface area is 149 Å². The zero-order valence-electron chi connectivity index (χ0n) is 13.4. The minimum absolute atomic E-state index is 0.0208. The number of carbonyl (C=O) groups is 1. The van der Waals surface area contributed by atoms with Gasteiger partial charge in [-0.1, -0.05) is 23.7 Å². The number of para-hydroxylation sites is 2. The molecule has 1 amide bonds. The Bertz CT molecular complexity index is 907. The molecule has 0 N–H and O–H groups in total. The first-order valence-corrected chi connectivity index (χ1v) is 8.63. The van der Waals surface area contributed by atoms with E-state index in [9.17, 15) is 9.18 Å². The quantitative estimate of drug-likeness (QED) is 0.648. The summed E-state index contributed by atoms with van der Waals surface area (Å²) in [4.78, 5) is 19.1. The predicted octanol–water partition coefficient (Wildman–Crippen LogP) is 4.99. The van der Waals surface area contributed by atoms with Crippen LogP contribution in [0, 0.1) is 5.82 Å². The third-order valence-corrected chi connectivity index (χ3v) is 4.76. The number of amides is 1. The van der Waals surface area contributed by atoms with Crippen LogP contribution in [-0.2, 0) is 0 Å². The number of carbonyl (C=O) groups excluding carboxylic acids is 1. The maximum atomic E-state index is 14.2. The van der Waals surface area contributed by atoms with E-state index in [-0.39, 0.29) is 22.5 Å². The van der Waals surface area contributed by atoms with Crippen LogP contribution in [0.5, 0.6) is 0 Å². The van der Waals surface area contributed by atoms with Crippen LogP contribution >= 0.6 is 11.6 Å². The first-order chi connectivity index (χ1) is 12.1. The molecule has 2 aromatic carbocycles. The van der Waals surface area contributed by atoms with Gasteiger partial charge in [-0.3, -0.25) is 4.79 Å². The maximum Gasteiger partial charge on any atom is 0.257 e. The fraction of sp³-hybridized carbons (Fsp3) is 0.263. The largest absolute Gasteiger partial charge is 0.438 e. The summed E-state index contributed by atoms with van der Waals surface area (Å²) in [5.41, 5.74) is 1.47. The fourth-order valence-corrected chi connectivity index (χ4v) is 3.44. The highest BCUT2D eigenvalue weighted by Gasteiger charge is 2.33. The molecule has 0 unspecified atom stereocenters. The highest BCUT2D eigenvalue weighted by molar-refractivity contribution is 6.30. The van der Waals surface area contributed by atoms with Gasteiger partial charge >= 0.3 is 0 Å². The second-order valence-electron chi connectivity index (χ2n) is 6.15. The first kappa shape index (κ1) is 16.1. The van der Waals surface area contributed by atoms with Crippen molar-refractivity contribution in [3.8, 4) is 0 Å². The van der Waals surface area contributed by atoms with Crippen LogP contribution in [0.25, 0.3) is 11.1 Å². The van der Waals surface area contributed by atoms with Gasteiger partial charge in [0.1, 0.15) is 17.4 Å². The number of piperidine rings is 1. The molecule has 0 aliphatic carbocycles. The zero-order chi connectivity index (χ0) is 17.4.